The molecule has 8 nitrogen and oxygen atoms in total. The fraction of sp³-hybridized carbons (Fsp3) is 0.280. The molecule has 0 saturated heterocycles. The van der Waals surface area contributed by atoms with E-state index in [0.717, 1.165) is 22.2 Å². The third kappa shape index (κ3) is 4.50. The zero-order valence-corrected chi connectivity index (χ0v) is 19.1. The van der Waals surface area contributed by atoms with Gasteiger partial charge in [0.1, 0.15) is 24.0 Å². The zero-order chi connectivity index (χ0) is 23.5. The number of nitrogens with zero attached hydrogens (tertiary/aromatic N) is 4. The molecule has 0 spiro atoms. The van der Waals surface area contributed by atoms with Crippen molar-refractivity contribution in [3.8, 4) is 11.4 Å². The Morgan fingerprint density at radius 1 is 1.21 bits per heavy atom. The van der Waals surface area contributed by atoms with Crippen LogP contribution in [0.25, 0.3) is 16.7 Å². The largest absolute Gasteiger partial charge is 0.497 e. The van der Waals surface area contributed by atoms with Crippen molar-refractivity contribution in [3.63, 3.8) is 0 Å². The third-order valence-corrected chi connectivity index (χ3v) is 6.12. The standard InChI is InChI=1S/C25H26N4O4/c1-16-21-10-9-20(32-4)13-23(21)33-25(31)22(16)11-12-24(30)28(3)17(2)18-5-7-19(8-6-18)29-15-26-14-27-29/h5-10,13-15,17H,11-12H2,1-4H3. The van der Waals surface area contributed by atoms with Crippen molar-refractivity contribution < 1.29 is 13.9 Å². The second-order valence-corrected chi connectivity index (χ2v) is 7.97. The minimum Gasteiger partial charge on any atom is -0.497 e. The molecule has 0 aliphatic carbocycles. The van der Waals surface area contributed by atoms with Crippen LogP contribution in [0, 0.1) is 6.92 Å². The van der Waals surface area contributed by atoms with Gasteiger partial charge in [0.05, 0.1) is 18.8 Å². The Bertz CT molecular complexity index is 1330. The molecule has 0 bridgehead atoms. The first-order chi connectivity index (χ1) is 15.9. The number of fused-ring (bicyclic) bond motifs is 1. The van der Waals surface area contributed by atoms with Crippen molar-refractivity contribution in [2.24, 2.45) is 0 Å². The maximum atomic E-state index is 12.9. The molecule has 33 heavy (non-hydrogen) atoms. The van der Waals surface area contributed by atoms with E-state index >= 15 is 0 Å². The molecular formula is C25H26N4O4. The lowest BCUT2D eigenvalue weighted by molar-refractivity contribution is -0.131. The number of rotatable bonds is 7. The number of aryl methyl sites for hydroxylation is 1. The van der Waals surface area contributed by atoms with Gasteiger partial charge in [0, 0.05) is 30.5 Å². The minimum atomic E-state index is -0.416. The Morgan fingerprint density at radius 2 is 1.97 bits per heavy atom. The topological polar surface area (TPSA) is 90.5 Å². The lowest BCUT2D eigenvalue weighted by atomic mass is 10.0. The van der Waals surface area contributed by atoms with E-state index in [1.54, 1.807) is 36.1 Å². The minimum absolute atomic E-state index is 0.0449. The predicted octanol–water partition coefficient (Wildman–Crippen LogP) is 3.84. The first kappa shape index (κ1) is 22.3. The van der Waals surface area contributed by atoms with E-state index in [1.165, 1.54) is 6.33 Å². The zero-order valence-electron chi connectivity index (χ0n) is 19.1. The molecule has 0 saturated carbocycles. The van der Waals surface area contributed by atoms with Crippen LogP contribution in [0.15, 0.2) is 64.3 Å². The first-order valence-corrected chi connectivity index (χ1v) is 10.7. The SMILES string of the molecule is COc1ccc2c(C)c(CCC(=O)N(C)C(C)c3ccc(-n4cncn4)cc3)c(=O)oc2c1. The van der Waals surface area contributed by atoms with Crippen LogP contribution < -0.4 is 10.4 Å². The molecule has 4 rings (SSSR count). The van der Waals surface area contributed by atoms with E-state index in [-0.39, 0.29) is 18.4 Å². The molecule has 4 aromatic rings. The summed E-state index contributed by atoms with van der Waals surface area (Å²) < 4.78 is 12.4. The number of hydrogen-bond acceptors (Lipinski definition) is 6. The molecule has 170 valence electrons. The fourth-order valence-corrected chi connectivity index (χ4v) is 3.89. The summed E-state index contributed by atoms with van der Waals surface area (Å²) in [6, 6.07) is 13.1. The van der Waals surface area contributed by atoms with Crippen molar-refractivity contribution in [3.05, 3.63) is 82.2 Å². The summed E-state index contributed by atoms with van der Waals surface area (Å²) in [6.07, 6.45) is 3.65. The smallest absolute Gasteiger partial charge is 0.339 e. The lowest BCUT2D eigenvalue weighted by Gasteiger charge is -2.25. The van der Waals surface area contributed by atoms with Crippen LogP contribution in [0.3, 0.4) is 0 Å². The van der Waals surface area contributed by atoms with Crippen LogP contribution in [0.5, 0.6) is 5.75 Å². The van der Waals surface area contributed by atoms with Crippen LogP contribution >= 0.6 is 0 Å². The summed E-state index contributed by atoms with van der Waals surface area (Å²) in [5, 5.41) is 4.96. The van der Waals surface area contributed by atoms with E-state index < -0.39 is 5.63 Å². The summed E-state index contributed by atoms with van der Waals surface area (Å²) in [5.74, 6) is 0.578. The van der Waals surface area contributed by atoms with Gasteiger partial charge in [-0.15, -0.1) is 0 Å². The third-order valence-electron chi connectivity index (χ3n) is 6.12. The number of carbonyl (C=O) groups is 1. The molecule has 0 aliphatic heterocycles. The highest BCUT2D eigenvalue weighted by Crippen LogP contribution is 2.25. The molecule has 0 radical (unpaired) electrons. The number of aromatic nitrogens is 3. The van der Waals surface area contributed by atoms with Gasteiger partial charge in [-0.2, -0.15) is 5.10 Å². The Hall–Kier alpha value is -3.94. The van der Waals surface area contributed by atoms with Gasteiger partial charge < -0.3 is 14.1 Å². The number of ether oxygens (including phenoxy) is 1. The highest BCUT2D eigenvalue weighted by Gasteiger charge is 2.19. The summed E-state index contributed by atoms with van der Waals surface area (Å²) in [7, 11) is 3.34. The van der Waals surface area contributed by atoms with Crippen molar-refractivity contribution in [1.29, 1.82) is 0 Å². The number of carbonyl (C=O) groups excluding carboxylic acids is 1. The average Bonchev–Trinajstić information content (AvgIpc) is 3.37. The lowest BCUT2D eigenvalue weighted by Crippen LogP contribution is -2.30. The summed E-state index contributed by atoms with van der Waals surface area (Å²) in [6.45, 7) is 3.86. The van der Waals surface area contributed by atoms with Crippen LogP contribution in [-0.2, 0) is 11.2 Å². The normalized spacial score (nSPS) is 12.0. The van der Waals surface area contributed by atoms with E-state index in [4.69, 9.17) is 9.15 Å². The highest BCUT2D eigenvalue weighted by molar-refractivity contribution is 5.83. The van der Waals surface area contributed by atoms with Gasteiger partial charge in [0.15, 0.2) is 0 Å². The molecule has 1 unspecified atom stereocenters. The molecule has 2 heterocycles. The van der Waals surface area contributed by atoms with E-state index in [1.807, 2.05) is 50.2 Å². The molecule has 0 N–H and O–H groups in total. The quantitative estimate of drug-likeness (QED) is 0.401. The molecular weight excluding hydrogens is 420 g/mol. The summed E-state index contributed by atoms with van der Waals surface area (Å²) in [4.78, 5) is 31.1. The maximum absolute atomic E-state index is 12.9. The number of benzene rings is 2. The van der Waals surface area contributed by atoms with Gasteiger partial charge in [-0.05, 0) is 55.7 Å². The Kier molecular flexibility index (Phi) is 6.26. The molecule has 2 aromatic carbocycles. The summed E-state index contributed by atoms with van der Waals surface area (Å²) >= 11 is 0. The summed E-state index contributed by atoms with van der Waals surface area (Å²) in [5.41, 5.74) is 3.32. The van der Waals surface area contributed by atoms with Crippen LogP contribution in [-0.4, -0.2) is 39.7 Å². The second kappa shape index (κ2) is 9.28. The monoisotopic (exact) mass is 446 g/mol. The number of hydrogen-bond donors (Lipinski definition) is 0. The Labute approximate surface area is 191 Å². The van der Waals surface area contributed by atoms with Crippen molar-refractivity contribution in [2.45, 2.75) is 32.7 Å². The predicted molar refractivity (Wildman–Crippen MR) is 125 cm³/mol. The van der Waals surface area contributed by atoms with E-state index in [9.17, 15) is 9.59 Å². The molecule has 0 fully saturated rings. The van der Waals surface area contributed by atoms with E-state index in [2.05, 4.69) is 10.1 Å². The van der Waals surface area contributed by atoms with Gasteiger partial charge in [-0.3, -0.25) is 4.79 Å². The van der Waals surface area contributed by atoms with Crippen LogP contribution in [0.4, 0.5) is 0 Å². The molecule has 2 aromatic heterocycles. The molecule has 1 atom stereocenters. The van der Waals surface area contributed by atoms with E-state index in [0.29, 0.717) is 23.3 Å². The molecule has 1 amide bonds. The number of methoxy groups -OCH3 is 1. The average molecular weight is 447 g/mol. The van der Waals surface area contributed by atoms with Gasteiger partial charge in [0.25, 0.3) is 0 Å². The van der Waals surface area contributed by atoms with Crippen molar-refractivity contribution in [2.75, 3.05) is 14.2 Å². The first-order valence-electron chi connectivity index (χ1n) is 10.7. The Balaban J connectivity index is 1.46. The highest BCUT2D eigenvalue weighted by atomic mass is 16.5. The molecule has 0 aliphatic rings. The number of amides is 1. The van der Waals surface area contributed by atoms with Crippen LogP contribution in [0.1, 0.15) is 36.1 Å². The second-order valence-electron chi connectivity index (χ2n) is 7.97. The maximum Gasteiger partial charge on any atom is 0.339 e. The van der Waals surface area contributed by atoms with Crippen LogP contribution in [0.2, 0.25) is 0 Å². The fourth-order valence-electron chi connectivity index (χ4n) is 3.89. The Morgan fingerprint density at radius 3 is 2.64 bits per heavy atom. The molecule has 8 heteroatoms. The van der Waals surface area contributed by atoms with Crippen molar-refractivity contribution in [1.82, 2.24) is 19.7 Å². The van der Waals surface area contributed by atoms with Gasteiger partial charge >= 0.3 is 5.63 Å². The van der Waals surface area contributed by atoms with Gasteiger partial charge in [-0.1, -0.05) is 12.1 Å². The van der Waals surface area contributed by atoms with Gasteiger partial charge in [0.2, 0.25) is 5.91 Å². The van der Waals surface area contributed by atoms with Crippen molar-refractivity contribution >= 4 is 16.9 Å². The van der Waals surface area contributed by atoms with Gasteiger partial charge in [-0.25, -0.2) is 14.5 Å².